The number of Topliss-reactive ketones (excluding diaryl/α,β-unsaturated/α-hetero) is 1. The van der Waals surface area contributed by atoms with E-state index in [1.807, 2.05) is 37.3 Å². The van der Waals surface area contributed by atoms with Crippen molar-refractivity contribution in [1.29, 1.82) is 0 Å². The molecule has 0 saturated carbocycles. The molecule has 0 aliphatic carbocycles. The third-order valence-electron chi connectivity index (χ3n) is 3.88. The Morgan fingerprint density at radius 1 is 1.29 bits per heavy atom. The first-order valence-electron chi connectivity index (χ1n) is 7.56. The second-order valence-electron chi connectivity index (χ2n) is 5.64. The van der Waals surface area contributed by atoms with Crippen LogP contribution in [0, 0.1) is 0 Å². The molecule has 0 radical (unpaired) electrons. The van der Waals surface area contributed by atoms with Gasteiger partial charge in [0.25, 0.3) is 0 Å². The van der Waals surface area contributed by atoms with E-state index in [2.05, 4.69) is 6.92 Å². The SMILES string of the molecule is CCCCC(=O)CCC1(C=O)C=C(C)c2ccccc2O1. The highest BCUT2D eigenvalue weighted by Crippen LogP contribution is 2.37. The number of ether oxygens (including phenoxy) is 1. The Hall–Kier alpha value is -1.90. The number of aldehydes is 1. The summed E-state index contributed by atoms with van der Waals surface area (Å²) < 4.78 is 5.90. The molecule has 21 heavy (non-hydrogen) atoms. The maximum absolute atomic E-state index is 11.8. The average molecular weight is 286 g/mol. The number of hydrogen-bond donors (Lipinski definition) is 0. The van der Waals surface area contributed by atoms with E-state index >= 15 is 0 Å². The Morgan fingerprint density at radius 3 is 2.76 bits per heavy atom. The van der Waals surface area contributed by atoms with Crippen molar-refractivity contribution < 1.29 is 14.3 Å². The van der Waals surface area contributed by atoms with Gasteiger partial charge in [-0.25, -0.2) is 0 Å². The zero-order chi connectivity index (χ0) is 15.3. The third-order valence-corrected chi connectivity index (χ3v) is 3.88. The molecule has 112 valence electrons. The standard InChI is InChI=1S/C18H22O3/c1-3-4-7-15(20)10-11-18(13-19)12-14(2)16-8-5-6-9-17(16)21-18/h5-6,8-9,12-13H,3-4,7,10-11H2,1-2H3. The van der Waals surface area contributed by atoms with Gasteiger partial charge >= 0.3 is 0 Å². The average Bonchev–Trinajstić information content (AvgIpc) is 2.51. The van der Waals surface area contributed by atoms with Crippen LogP contribution in [0.2, 0.25) is 0 Å². The Morgan fingerprint density at radius 2 is 2.05 bits per heavy atom. The van der Waals surface area contributed by atoms with E-state index < -0.39 is 5.60 Å². The molecule has 1 aromatic rings. The van der Waals surface area contributed by atoms with Gasteiger partial charge in [-0.05, 0) is 31.1 Å². The monoisotopic (exact) mass is 286 g/mol. The van der Waals surface area contributed by atoms with E-state index in [4.69, 9.17) is 4.74 Å². The Balaban J connectivity index is 2.11. The Kier molecular flexibility index (Phi) is 4.94. The van der Waals surface area contributed by atoms with E-state index in [9.17, 15) is 9.59 Å². The lowest BCUT2D eigenvalue weighted by Gasteiger charge is -2.32. The molecular formula is C18H22O3. The second kappa shape index (κ2) is 6.70. The fraction of sp³-hybridized carbons (Fsp3) is 0.444. The molecule has 0 N–H and O–H groups in total. The van der Waals surface area contributed by atoms with Crippen molar-refractivity contribution in [3.8, 4) is 5.75 Å². The number of unbranched alkanes of at least 4 members (excludes halogenated alkanes) is 1. The van der Waals surface area contributed by atoms with Gasteiger partial charge in [-0.15, -0.1) is 0 Å². The van der Waals surface area contributed by atoms with E-state index in [0.717, 1.165) is 30.3 Å². The molecule has 1 aliphatic heterocycles. The quantitative estimate of drug-likeness (QED) is 0.713. The smallest absolute Gasteiger partial charge is 0.183 e. The Bertz CT molecular complexity index is 559. The maximum atomic E-state index is 11.8. The highest BCUT2D eigenvalue weighted by atomic mass is 16.5. The molecule has 1 heterocycles. The zero-order valence-electron chi connectivity index (χ0n) is 12.7. The van der Waals surface area contributed by atoms with Crippen LogP contribution in [0.4, 0.5) is 0 Å². The van der Waals surface area contributed by atoms with Gasteiger partial charge in [0.15, 0.2) is 11.9 Å². The summed E-state index contributed by atoms with van der Waals surface area (Å²) in [6, 6.07) is 7.67. The predicted molar refractivity (Wildman–Crippen MR) is 83.3 cm³/mol. The summed E-state index contributed by atoms with van der Waals surface area (Å²) in [7, 11) is 0. The van der Waals surface area contributed by atoms with Crippen molar-refractivity contribution in [2.24, 2.45) is 0 Å². The van der Waals surface area contributed by atoms with Crippen LogP contribution in [-0.2, 0) is 9.59 Å². The minimum Gasteiger partial charge on any atom is -0.475 e. The van der Waals surface area contributed by atoms with Crippen molar-refractivity contribution in [3.05, 3.63) is 35.9 Å². The lowest BCUT2D eigenvalue weighted by atomic mass is 9.89. The van der Waals surface area contributed by atoms with Crippen LogP contribution in [0.15, 0.2) is 30.3 Å². The highest BCUT2D eigenvalue weighted by molar-refractivity contribution is 5.82. The van der Waals surface area contributed by atoms with Gasteiger partial charge in [0.1, 0.15) is 11.5 Å². The first kappa shape index (κ1) is 15.5. The van der Waals surface area contributed by atoms with Gasteiger partial charge in [0.05, 0.1) is 0 Å². The largest absolute Gasteiger partial charge is 0.475 e. The van der Waals surface area contributed by atoms with Crippen LogP contribution in [0.3, 0.4) is 0 Å². The fourth-order valence-corrected chi connectivity index (χ4v) is 2.63. The molecule has 0 aromatic heterocycles. The number of benzene rings is 1. The van der Waals surface area contributed by atoms with Crippen molar-refractivity contribution >= 4 is 17.6 Å². The highest BCUT2D eigenvalue weighted by Gasteiger charge is 2.34. The van der Waals surface area contributed by atoms with Crippen LogP contribution < -0.4 is 4.74 Å². The van der Waals surface area contributed by atoms with Crippen LogP contribution in [0.25, 0.3) is 5.57 Å². The van der Waals surface area contributed by atoms with Crippen molar-refractivity contribution in [1.82, 2.24) is 0 Å². The molecule has 0 fully saturated rings. The molecule has 1 aliphatic rings. The molecule has 3 heteroatoms. The summed E-state index contributed by atoms with van der Waals surface area (Å²) in [5, 5.41) is 0. The fourth-order valence-electron chi connectivity index (χ4n) is 2.63. The first-order valence-corrected chi connectivity index (χ1v) is 7.56. The summed E-state index contributed by atoms with van der Waals surface area (Å²) in [6.07, 6.45) is 5.95. The lowest BCUT2D eigenvalue weighted by Crippen LogP contribution is -2.38. The van der Waals surface area contributed by atoms with Crippen LogP contribution in [0.5, 0.6) is 5.75 Å². The molecule has 0 saturated heterocycles. The topological polar surface area (TPSA) is 43.4 Å². The minimum absolute atomic E-state index is 0.201. The summed E-state index contributed by atoms with van der Waals surface area (Å²) in [5.41, 5.74) is 1.03. The number of rotatable bonds is 7. The third kappa shape index (κ3) is 3.60. The van der Waals surface area contributed by atoms with E-state index in [1.165, 1.54) is 0 Å². The second-order valence-corrected chi connectivity index (χ2v) is 5.64. The number of carbonyl (C=O) groups excluding carboxylic acids is 2. The van der Waals surface area contributed by atoms with Crippen molar-refractivity contribution in [3.63, 3.8) is 0 Å². The van der Waals surface area contributed by atoms with Gasteiger partial charge in [0, 0.05) is 24.8 Å². The van der Waals surface area contributed by atoms with Gasteiger partial charge in [-0.3, -0.25) is 9.59 Å². The zero-order valence-corrected chi connectivity index (χ0v) is 12.7. The molecule has 0 spiro atoms. The maximum Gasteiger partial charge on any atom is 0.183 e. The number of hydrogen-bond acceptors (Lipinski definition) is 3. The number of para-hydroxylation sites is 1. The Labute approximate surface area is 126 Å². The van der Waals surface area contributed by atoms with E-state index in [0.29, 0.717) is 25.0 Å². The summed E-state index contributed by atoms with van der Waals surface area (Å²) >= 11 is 0. The van der Waals surface area contributed by atoms with E-state index in [-0.39, 0.29) is 5.78 Å². The number of allylic oxidation sites excluding steroid dienone is 1. The number of fused-ring (bicyclic) bond motifs is 1. The molecule has 0 amide bonds. The molecule has 1 aromatic carbocycles. The molecule has 3 nitrogen and oxygen atoms in total. The van der Waals surface area contributed by atoms with Crippen molar-refractivity contribution in [2.75, 3.05) is 0 Å². The van der Waals surface area contributed by atoms with Crippen LogP contribution in [0.1, 0.15) is 51.5 Å². The predicted octanol–water partition coefficient (Wildman–Crippen LogP) is 3.96. The van der Waals surface area contributed by atoms with Crippen LogP contribution >= 0.6 is 0 Å². The summed E-state index contributed by atoms with van der Waals surface area (Å²) in [5.74, 6) is 0.914. The lowest BCUT2D eigenvalue weighted by molar-refractivity contribution is -0.122. The first-order chi connectivity index (χ1) is 10.1. The van der Waals surface area contributed by atoms with Gasteiger partial charge in [0.2, 0.25) is 0 Å². The molecule has 1 unspecified atom stereocenters. The number of carbonyl (C=O) groups is 2. The van der Waals surface area contributed by atoms with Gasteiger partial charge in [-0.2, -0.15) is 0 Å². The van der Waals surface area contributed by atoms with Crippen LogP contribution in [-0.4, -0.2) is 17.7 Å². The molecule has 1 atom stereocenters. The van der Waals surface area contributed by atoms with Crippen molar-refractivity contribution in [2.45, 2.75) is 51.6 Å². The number of ketones is 1. The molecular weight excluding hydrogens is 264 g/mol. The summed E-state index contributed by atoms with van der Waals surface area (Å²) in [6.45, 7) is 4.03. The van der Waals surface area contributed by atoms with Gasteiger partial charge in [-0.1, -0.05) is 31.5 Å². The van der Waals surface area contributed by atoms with Gasteiger partial charge < -0.3 is 4.74 Å². The molecule has 0 bridgehead atoms. The van der Waals surface area contributed by atoms with E-state index in [1.54, 1.807) is 0 Å². The minimum atomic E-state index is -1.000. The summed E-state index contributed by atoms with van der Waals surface area (Å²) in [4.78, 5) is 23.4. The molecule has 2 rings (SSSR count). The normalized spacial score (nSPS) is 20.2.